The summed E-state index contributed by atoms with van der Waals surface area (Å²) in [6, 6.07) is 0.0218. The fraction of sp³-hybridized carbons (Fsp3) is 0.611. The highest BCUT2D eigenvalue weighted by atomic mass is 32.2. The van der Waals surface area contributed by atoms with Crippen LogP contribution in [0.2, 0.25) is 0 Å². The molecule has 0 bridgehead atoms. The van der Waals surface area contributed by atoms with Gasteiger partial charge in [0.25, 0.3) is 5.56 Å². The Kier molecular flexibility index (Phi) is 6.46. The number of rotatable bonds is 6. The Balaban J connectivity index is 2.68. The molecule has 8 nitrogen and oxygen atoms in total. The molecule has 0 saturated heterocycles. The topological polar surface area (TPSA) is 98.9 Å². The van der Waals surface area contributed by atoms with Crippen LogP contribution in [0.1, 0.15) is 40.4 Å². The molecule has 148 valence electrons. The number of thioether (sulfide) groups is 1. The molecule has 1 N–H and O–H groups in total. The number of fused-ring (bicyclic) bond motifs is 1. The summed E-state index contributed by atoms with van der Waals surface area (Å²) < 4.78 is 2.59. The summed E-state index contributed by atoms with van der Waals surface area (Å²) in [6.07, 6.45) is 0. The molecule has 0 saturated carbocycles. The third-order valence-corrected chi connectivity index (χ3v) is 4.98. The van der Waals surface area contributed by atoms with Gasteiger partial charge in [0.1, 0.15) is 16.2 Å². The van der Waals surface area contributed by atoms with E-state index in [0.29, 0.717) is 23.0 Å². The van der Waals surface area contributed by atoms with E-state index < -0.39 is 16.5 Å². The number of hydrogen-bond donors (Lipinski definition) is 1. The van der Waals surface area contributed by atoms with Crippen molar-refractivity contribution in [3.05, 3.63) is 26.7 Å². The summed E-state index contributed by atoms with van der Waals surface area (Å²) in [5.41, 5.74) is -0.530. The number of carbonyl (C=O) groups excluding carboxylic acids is 1. The lowest BCUT2D eigenvalue weighted by molar-refractivity contribution is -0.120. The largest absolute Gasteiger partial charge is 0.353 e. The molecule has 2 rings (SSSR count). The molecule has 0 spiro atoms. The zero-order valence-corrected chi connectivity index (χ0v) is 17.7. The molecule has 1 atom stereocenters. The summed E-state index contributed by atoms with van der Waals surface area (Å²) in [4.78, 5) is 46.5. The van der Waals surface area contributed by atoms with Gasteiger partial charge in [-0.25, -0.2) is 14.8 Å². The summed E-state index contributed by atoms with van der Waals surface area (Å²) in [5.74, 6) is 0.517. The van der Waals surface area contributed by atoms with Crippen molar-refractivity contribution >= 4 is 28.7 Å². The summed E-state index contributed by atoms with van der Waals surface area (Å²) in [6.45, 7) is 11.7. The molecule has 27 heavy (non-hydrogen) atoms. The number of nitrogens with one attached hydrogen (secondary N) is 1. The minimum atomic E-state index is -0.450. The van der Waals surface area contributed by atoms with Gasteiger partial charge in [-0.05, 0) is 33.6 Å². The van der Waals surface area contributed by atoms with Gasteiger partial charge in [-0.3, -0.25) is 18.7 Å². The standard InChI is InChI=1S/C18H27N5O3S/c1-9(2)8-23-14-13(17(25)22(7)18(23)26)16(21-12(6)20-14)27-11(5)15(24)19-10(3)4/h9-11H,8H2,1-7H3,(H,19,24)/t11-/m0/s1. The Labute approximate surface area is 162 Å². The first-order valence-corrected chi connectivity index (χ1v) is 9.86. The zero-order chi connectivity index (χ0) is 20.5. The van der Waals surface area contributed by atoms with Gasteiger partial charge in [0, 0.05) is 19.6 Å². The first kappa shape index (κ1) is 21.1. The minimum Gasteiger partial charge on any atom is -0.353 e. The smallest absolute Gasteiger partial charge is 0.332 e. The van der Waals surface area contributed by atoms with Crippen LogP contribution in [-0.4, -0.2) is 36.3 Å². The molecule has 0 fully saturated rings. The normalized spacial score (nSPS) is 12.8. The molecule has 0 unspecified atom stereocenters. The van der Waals surface area contributed by atoms with Crippen molar-refractivity contribution in [1.29, 1.82) is 0 Å². The lowest BCUT2D eigenvalue weighted by Gasteiger charge is -2.17. The Bertz CT molecular complexity index is 978. The molecular weight excluding hydrogens is 366 g/mol. The molecule has 0 aliphatic heterocycles. The van der Waals surface area contributed by atoms with Crippen LogP contribution in [0.3, 0.4) is 0 Å². The van der Waals surface area contributed by atoms with Crippen LogP contribution in [0.15, 0.2) is 14.6 Å². The highest BCUT2D eigenvalue weighted by Crippen LogP contribution is 2.26. The molecule has 1 amide bonds. The number of nitrogens with zero attached hydrogens (tertiary/aromatic N) is 4. The van der Waals surface area contributed by atoms with Crippen molar-refractivity contribution in [3.8, 4) is 0 Å². The van der Waals surface area contributed by atoms with Crippen molar-refractivity contribution in [1.82, 2.24) is 24.4 Å². The van der Waals surface area contributed by atoms with Crippen LogP contribution in [0.4, 0.5) is 0 Å². The fourth-order valence-corrected chi connectivity index (χ4v) is 3.67. The van der Waals surface area contributed by atoms with Crippen molar-refractivity contribution in [2.45, 2.75) is 64.4 Å². The number of amides is 1. The van der Waals surface area contributed by atoms with Gasteiger partial charge in [0.15, 0.2) is 5.65 Å². The molecule has 2 heterocycles. The SMILES string of the molecule is Cc1nc(S[C@@H](C)C(=O)NC(C)C)c2c(=O)n(C)c(=O)n(CC(C)C)c2n1. The van der Waals surface area contributed by atoms with E-state index in [9.17, 15) is 14.4 Å². The monoisotopic (exact) mass is 393 g/mol. The van der Waals surface area contributed by atoms with Crippen LogP contribution in [-0.2, 0) is 18.4 Å². The molecule has 0 aliphatic carbocycles. The maximum absolute atomic E-state index is 12.8. The van der Waals surface area contributed by atoms with E-state index in [4.69, 9.17) is 0 Å². The van der Waals surface area contributed by atoms with Gasteiger partial charge < -0.3 is 5.32 Å². The highest BCUT2D eigenvalue weighted by Gasteiger charge is 2.22. The first-order valence-electron chi connectivity index (χ1n) is 8.98. The fourth-order valence-electron chi connectivity index (χ4n) is 2.68. The first-order chi connectivity index (χ1) is 12.5. The second-order valence-corrected chi connectivity index (χ2v) is 8.68. The van der Waals surface area contributed by atoms with E-state index in [1.807, 2.05) is 27.7 Å². The van der Waals surface area contributed by atoms with Crippen molar-refractivity contribution in [3.63, 3.8) is 0 Å². The Hall–Kier alpha value is -2.16. The number of hydrogen-bond acceptors (Lipinski definition) is 6. The lowest BCUT2D eigenvalue weighted by atomic mass is 10.2. The van der Waals surface area contributed by atoms with Crippen LogP contribution in [0.5, 0.6) is 0 Å². The molecule has 9 heteroatoms. The maximum atomic E-state index is 12.8. The van der Waals surface area contributed by atoms with Gasteiger partial charge in [-0.2, -0.15) is 0 Å². The van der Waals surface area contributed by atoms with Gasteiger partial charge in [-0.1, -0.05) is 25.6 Å². The number of carbonyl (C=O) groups is 1. The third kappa shape index (κ3) is 4.58. The second-order valence-electron chi connectivity index (χ2n) is 7.35. The van der Waals surface area contributed by atoms with E-state index in [0.717, 1.165) is 4.57 Å². The van der Waals surface area contributed by atoms with E-state index in [2.05, 4.69) is 15.3 Å². The van der Waals surface area contributed by atoms with E-state index in [1.165, 1.54) is 23.4 Å². The summed E-state index contributed by atoms with van der Waals surface area (Å²) >= 11 is 1.20. The molecule has 2 aromatic rings. The third-order valence-electron chi connectivity index (χ3n) is 3.90. The van der Waals surface area contributed by atoms with Crippen LogP contribution < -0.4 is 16.6 Å². The predicted octanol–water partition coefficient (Wildman–Crippen LogP) is 1.46. The van der Waals surface area contributed by atoms with Gasteiger partial charge >= 0.3 is 5.69 Å². The molecule has 0 radical (unpaired) electrons. The minimum absolute atomic E-state index is 0.0218. The second kappa shape index (κ2) is 8.24. The number of aryl methyl sites for hydroxylation is 1. The Morgan fingerprint density at radius 2 is 1.78 bits per heavy atom. The van der Waals surface area contributed by atoms with Crippen LogP contribution in [0, 0.1) is 12.8 Å². The average molecular weight is 394 g/mol. The number of aromatic nitrogens is 4. The Morgan fingerprint density at radius 1 is 1.15 bits per heavy atom. The lowest BCUT2D eigenvalue weighted by Crippen LogP contribution is -2.40. The van der Waals surface area contributed by atoms with Crippen molar-refractivity contribution < 1.29 is 4.79 Å². The molecule has 0 aromatic carbocycles. The molecular formula is C18H27N5O3S. The quantitative estimate of drug-likeness (QED) is 0.589. The van der Waals surface area contributed by atoms with Gasteiger partial charge in [0.05, 0.1) is 5.25 Å². The van der Waals surface area contributed by atoms with E-state index >= 15 is 0 Å². The molecule has 0 aliphatic rings. The predicted molar refractivity (Wildman–Crippen MR) is 107 cm³/mol. The Morgan fingerprint density at radius 3 is 2.33 bits per heavy atom. The average Bonchev–Trinajstić information content (AvgIpc) is 2.55. The zero-order valence-electron chi connectivity index (χ0n) is 16.9. The highest BCUT2D eigenvalue weighted by molar-refractivity contribution is 8.00. The van der Waals surface area contributed by atoms with E-state index in [1.54, 1.807) is 13.8 Å². The summed E-state index contributed by atoms with van der Waals surface area (Å²) in [5, 5.41) is 3.11. The van der Waals surface area contributed by atoms with Crippen molar-refractivity contribution in [2.24, 2.45) is 13.0 Å². The maximum Gasteiger partial charge on any atom is 0.332 e. The van der Waals surface area contributed by atoms with Crippen LogP contribution >= 0.6 is 11.8 Å². The van der Waals surface area contributed by atoms with Gasteiger partial charge in [0.2, 0.25) is 5.91 Å². The van der Waals surface area contributed by atoms with Gasteiger partial charge in [-0.15, -0.1) is 0 Å². The summed E-state index contributed by atoms with van der Waals surface area (Å²) in [7, 11) is 1.45. The van der Waals surface area contributed by atoms with E-state index in [-0.39, 0.29) is 23.3 Å². The van der Waals surface area contributed by atoms with Crippen LogP contribution in [0.25, 0.3) is 11.0 Å². The molecule has 2 aromatic heterocycles. The van der Waals surface area contributed by atoms with Crippen molar-refractivity contribution in [2.75, 3.05) is 0 Å².